The van der Waals surface area contributed by atoms with Crippen LogP contribution in [0.3, 0.4) is 0 Å². The summed E-state index contributed by atoms with van der Waals surface area (Å²) in [6, 6.07) is 22.3. The van der Waals surface area contributed by atoms with Gasteiger partial charge in [0.05, 0.1) is 0 Å². The zero-order chi connectivity index (χ0) is 17.0. The lowest BCUT2D eigenvalue weighted by atomic mass is 10.0. The number of ether oxygens (including phenoxy) is 1. The second-order valence-electron chi connectivity index (χ2n) is 6.19. The van der Waals surface area contributed by atoms with Gasteiger partial charge < -0.3 is 9.15 Å². The summed E-state index contributed by atoms with van der Waals surface area (Å²) in [5.74, 6) is 0.101. The first-order valence-electron chi connectivity index (χ1n) is 8.16. The van der Waals surface area contributed by atoms with Crippen molar-refractivity contribution in [3.05, 3.63) is 66.7 Å². The molecule has 0 N–H and O–H groups in total. The van der Waals surface area contributed by atoms with E-state index in [9.17, 15) is 4.79 Å². The van der Waals surface area contributed by atoms with Crippen molar-refractivity contribution in [1.82, 2.24) is 0 Å². The van der Waals surface area contributed by atoms with E-state index in [1.54, 1.807) is 0 Å². The molecule has 4 aromatic carbocycles. The molecule has 5 aromatic rings. The average Bonchev–Trinajstić information content (AvgIpc) is 2.98. The van der Waals surface area contributed by atoms with Gasteiger partial charge in [-0.2, -0.15) is 0 Å². The predicted molar refractivity (Wildman–Crippen MR) is 100 cm³/mol. The Morgan fingerprint density at radius 1 is 0.840 bits per heavy atom. The number of rotatable bonds is 1. The van der Waals surface area contributed by atoms with Gasteiger partial charge >= 0.3 is 5.97 Å². The van der Waals surface area contributed by atoms with E-state index in [1.807, 2.05) is 42.5 Å². The second-order valence-corrected chi connectivity index (χ2v) is 6.19. The second kappa shape index (κ2) is 5.08. The summed E-state index contributed by atoms with van der Waals surface area (Å²) in [5.41, 5.74) is 1.40. The summed E-state index contributed by atoms with van der Waals surface area (Å²) in [7, 11) is 0. The lowest BCUT2D eigenvalue weighted by Gasteiger charge is -2.05. The van der Waals surface area contributed by atoms with Crippen LogP contribution in [-0.4, -0.2) is 5.97 Å². The van der Waals surface area contributed by atoms with Crippen molar-refractivity contribution in [2.24, 2.45) is 0 Å². The van der Waals surface area contributed by atoms with Crippen LogP contribution in [0.25, 0.3) is 43.5 Å². The van der Waals surface area contributed by atoms with Crippen molar-refractivity contribution in [2.45, 2.75) is 6.92 Å². The molecule has 0 unspecified atom stereocenters. The summed E-state index contributed by atoms with van der Waals surface area (Å²) in [6.45, 7) is 1.40. The van der Waals surface area contributed by atoms with E-state index in [-0.39, 0.29) is 5.97 Å². The standard InChI is InChI=1S/C22H14O3/c1-13(23)24-20-12-16-8-4-5-9-17(16)21-18-10-14-6-2-3-7-15(14)11-19(18)25-22(20)21/h2-12H,1H3. The number of carbonyl (C=O) groups excluding carboxylic acids is 1. The fourth-order valence-corrected chi connectivity index (χ4v) is 3.51. The highest BCUT2D eigenvalue weighted by molar-refractivity contribution is 6.22. The Bertz CT molecular complexity index is 1290. The van der Waals surface area contributed by atoms with Crippen LogP contribution in [0.2, 0.25) is 0 Å². The lowest BCUT2D eigenvalue weighted by Crippen LogP contribution is -2.01. The Labute approximate surface area is 143 Å². The molecule has 25 heavy (non-hydrogen) atoms. The number of benzene rings is 4. The molecular weight excluding hydrogens is 312 g/mol. The van der Waals surface area contributed by atoms with Crippen molar-refractivity contribution < 1.29 is 13.9 Å². The fraction of sp³-hybridized carbons (Fsp3) is 0.0455. The van der Waals surface area contributed by atoms with Crippen molar-refractivity contribution in [3.63, 3.8) is 0 Å². The number of esters is 1. The van der Waals surface area contributed by atoms with Crippen molar-refractivity contribution in [3.8, 4) is 5.75 Å². The summed E-state index contributed by atoms with van der Waals surface area (Å²) in [4.78, 5) is 11.5. The van der Waals surface area contributed by atoms with Crippen LogP contribution in [0.5, 0.6) is 5.75 Å². The van der Waals surface area contributed by atoms with E-state index in [0.717, 1.165) is 37.9 Å². The molecule has 120 valence electrons. The molecule has 3 nitrogen and oxygen atoms in total. The smallest absolute Gasteiger partial charge is 0.308 e. The topological polar surface area (TPSA) is 39.4 Å². The van der Waals surface area contributed by atoms with Gasteiger partial charge in [0, 0.05) is 17.7 Å². The van der Waals surface area contributed by atoms with Gasteiger partial charge in [-0.25, -0.2) is 0 Å². The molecular formula is C22H14O3. The largest absolute Gasteiger partial charge is 0.452 e. The zero-order valence-corrected chi connectivity index (χ0v) is 13.6. The maximum atomic E-state index is 11.5. The molecule has 0 radical (unpaired) electrons. The number of carbonyl (C=O) groups is 1. The first kappa shape index (κ1) is 14.1. The third kappa shape index (κ3) is 2.09. The molecule has 0 aliphatic carbocycles. The van der Waals surface area contributed by atoms with Gasteiger partial charge in [-0.05, 0) is 39.7 Å². The van der Waals surface area contributed by atoms with Crippen LogP contribution in [0, 0.1) is 0 Å². The van der Waals surface area contributed by atoms with Gasteiger partial charge in [-0.1, -0.05) is 48.5 Å². The molecule has 0 aliphatic heterocycles. The first-order chi connectivity index (χ1) is 12.2. The minimum absolute atomic E-state index is 0.359. The molecule has 1 heterocycles. The van der Waals surface area contributed by atoms with Gasteiger partial charge in [-0.3, -0.25) is 4.79 Å². The minimum atomic E-state index is -0.359. The van der Waals surface area contributed by atoms with Crippen molar-refractivity contribution >= 4 is 49.5 Å². The van der Waals surface area contributed by atoms with Crippen LogP contribution in [0.4, 0.5) is 0 Å². The van der Waals surface area contributed by atoms with E-state index >= 15 is 0 Å². The van der Waals surface area contributed by atoms with Crippen LogP contribution < -0.4 is 4.74 Å². The molecule has 5 rings (SSSR count). The van der Waals surface area contributed by atoms with Crippen LogP contribution in [0.1, 0.15) is 6.92 Å². The maximum Gasteiger partial charge on any atom is 0.308 e. The Morgan fingerprint density at radius 2 is 1.52 bits per heavy atom. The number of hydrogen-bond donors (Lipinski definition) is 0. The molecule has 3 heteroatoms. The first-order valence-corrected chi connectivity index (χ1v) is 8.16. The third-order valence-corrected chi connectivity index (χ3v) is 4.55. The molecule has 0 atom stereocenters. The SMILES string of the molecule is CC(=O)Oc1cc2ccccc2c2c1oc1cc3ccccc3cc12. The highest BCUT2D eigenvalue weighted by Gasteiger charge is 2.17. The quantitative estimate of drug-likeness (QED) is 0.288. The van der Waals surface area contributed by atoms with Crippen LogP contribution >= 0.6 is 0 Å². The third-order valence-electron chi connectivity index (χ3n) is 4.55. The lowest BCUT2D eigenvalue weighted by molar-refractivity contribution is -0.131. The van der Waals surface area contributed by atoms with Gasteiger partial charge in [0.2, 0.25) is 0 Å². The molecule has 0 aliphatic rings. The number of hydrogen-bond acceptors (Lipinski definition) is 3. The predicted octanol–water partition coefficient (Wildman–Crippen LogP) is 5.82. The van der Waals surface area contributed by atoms with E-state index in [2.05, 4.69) is 24.3 Å². The molecule has 0 spiro atoms. The molecule has 0 fully saturated rings. The number of fused-ring (bicyclic) bond motifs is 6. The van der Waals surface area contributed by atoms with Crippen LogP contribution in [0.15, 0.2) is 71.1 Å². The van der Waals surface area contributed by atoms with E-state index in [0.29, 0.717) is 11.3 Å². The van der Waals surface area contributed by atoms with Crippen LogP contribution in [-0.2, 0) is 4.79 Å². The van der Waals surface area contributed by atoms with E-state index in [1.165, 1.54) is 6.92 Å². The highest BCUT2D eigenvalue weighted by atomic mass is 16.5. The van der Waals surface area contributed by atoms with Gasteiger partial charge in [0.1, 0.15) is 5.58 Å². The Kier molecular flexibility index (Phi) is 2.86. The molecule has 1 aromatic heterocycles. The van der Waals surface area contributed by atoms with Crippen molar-refractivity contribution in [2.75, 3.05) is 0 Å². The summed E-state index contributed by atoms with van der Waals surface area (Å²) in [5, 5.41) is 6.38. The average molecular weight is 326 g/mol. The monoisotopic (exact) mass is 326 g/mol. The molecule has 0 amide bonds. The normalized spacial score (nSPS) is 11.6. The highest BCUT2D eigenvalue weighted by Crippen LogP contribution is 2.41. The Hall–Kier alpha value is -3.33. The number of furan rings is 1. The van der Waals surface area contributed by atoms with Gasteiger partial charge in [-0.15, -0.1) is 0 Å². The summed E-state index contributed by atoms with van der Waals surface area (Å²) < 4.78 is 11.6. The summed E-state index contributed by atoms with van der Waals surface area (Å²) in [6.07, 6.45) is 0. The minimum Gasteiger partial charge on any atom is -0.452 e. The molecule has 0 bridgehead atoms. The van der Waals surface area contributed by atoms with E-state index in [4.69, 9.17) is 9.15 Å². The molecule has 0 saturated carbocycles. The fourth-order valence-electron chi connectivity index (χ4n) is 3.51. The molecule has 0 saturated heterocycles. The Morgan fingerprint density at radius 3 is 2.28 bits per heavy atom. The van der Waals surface area contributed by atoms with E-state index < -0.39 is 0 Å². The zero-order valence-electron chi connectivity index (χ0n) is 13.6. The Balaban J connectivity index is 2.01. The van der Waals surface area contributed by atoms with Crippen molar-refractivity contribution in [1.29, 1.82) is 0 Å². The van der Waals surface area contributed by atoms with Gasteiger partial charge in [0.25, 0.3) is 0 Å². The van der Waals surface area contributed by atoms with Gasteiger partial charge in [0.15, 0.2) is 11.3 Å². The maximum absolute atomic E-state index is 11.5. The summed E-state index contributed by atoms with van der Waals surface area (Å²) >= 11 is 0.